The molecule has 0 aliphatic heterocycles. The van der Waals surface area contributed by atoms with Crippen LogP contribution in [0.4, 0.5) is 0 Å². The Kier molecular flexibility index (Phi) is 2.00. The standard InChI is InChI=1S/C10H11NS/c1-9-7-12-8-10(9)6-11-4-2-3-5-11/h2-5,7-8H,6H2,1H3. The van der Waals surface area contributed by atoms with E-state index < -0.39 is 0 Å². The Morgan fingerprint density at radius 1 is 1.25 bits per heavy atom. The topological polar surface area (TPSA) is 4.93 Å². The van der Waals surface area contributed by atoms with Crippen molar-refractivity contribution in [1.82, 2.24) is 4.57 Å². The lowest BCUT2D eigenvalue weighted by atomic mass is 10.2. The van der Waals surface area contributed by atoms with Gasteiger partial charge in [0.25, 0.3) is 0 Å². The molecule has 0 saturated heterocycles. The maximum Gasteiger partial charge on any atom is 0.0481 e. The summed E-state index contributed by atoms with van der Waals surface area (Å²) in [6.07, 6.45) is 4.19. The van der Waals surface area contributed by atoms with Gasteiger partial charge >= 0.3 is 0 Å². The molecule has 0 atom stereocenters. The summed E-state index contributed by atoms with van der Waals surface area (Å²) in [5.41, 5.74) is 2.82. The summed E-state index contributed by atoms with van der Waals surface area (Å²) in [6, 6.07) is 4.11. The number of thiophene rings is 1. The molecule has 2 aromatic rings. The molecule has 0 spiro atoms. The molecule has 0 amide bonds. The van der Waals surface area contributed by atoms with Crippen LogP contribution in [0.3, 0.4) is 0 Å². The smallest absolute Gasteiger partial charge is 0.0481 e. The molecule has 2 heterocycles. The predicted octanol–water partition coefficient (Wildman–Crippen LogP) is 2.91. The summed E-state index contributed by atoms with van der Waals surface area (Å²) in [5.74, 6) is 0. The number of hydrogen-bond donors (Lipinski definition) is 0. The molecule has 2 heteroatoms. The first-order chi connectivity index (χ1) is 5.86. The van der Waals surface area contributed by atoms with Crippen molar-refractivity contribution >= 4 is 11.3 Å². The Bertz CT molecular complexity index is 346. The number of nitrogens with zero attached hydrogens (tertiary/aromatic N) is 1. The number of aromatic nitrogens is 1. The van der Waals surface area contributed by atoms with Gasteiger partial charge in [-0.05, 0) is 40.9 Å². The molecule has 0 aromatic carbocycles. The van der Waals surface area contributed by atoms with Gasteiger partial charge in [-0.15, -0.1) is 0 Å². The SMILES string of the molecule is Cc1cscc1Cn1cccc1. The van der Waals surface area contributed by atoms with Crippen LogP contribution in [0.2, 0.25) is 0 Å². The highest BCUT2D eigenvalue weighted by Crippen LogP contribution is 2.14. The minimum atomic E-state index is 1.00. The number of rotatable bonds is 2. The second kappa shape index (κ2) is 3.15. The van der Waals surface area contributed by atoms with E-state index in [4.69, 9.17) is 0 Å². The Labute approximate surface area is 76.3 Å². The van der Waals surface area contributed by atoms with Crippen molar-refractivity contribution in [3.05, 3.63) is 46.4 Å². The van der Waals surface area contributed by atoms with Gasteiger partial charge in [-0.2, -0.15) is 11.3 Å². The first-order valence-electron chi connectivity index (χ1n) is 3.98. The third kappa shape index (κ3) is 1.43. The average Bonchev–Trinajstić information content (AvgIpc) is 2.65. The molecule has 0 radical (unpaired) electrons. The first kappa shape index (κ1) is 7.62. The van der Waals surface area contributed by atoms with Crippen LogP contribution in [-0.4, -0.2) is 4.57 Å². The fraction of sp³-hybridized carbons (Fsp3) is 0.200. The van der Waals surface area contributed by atoms with Crippen LogP contribution >= 0.6 is 11.3 Å². The molecule has 0 fully saturated rings. The largest absolute Gasteiger partial charge is 0.350 e. The van der Waals surface area contributed by atoms with Crippen LogP contribution < -0.4 is 0 Å². The van der Waals surface area contributed by atoms with Gasteiger partial charge in [0.1, 0.15) is 0 Å². The highest BCUT2D eigenvalue weighted by molar-refractivity contribution is 7.08. The normalized spacial score (nSPS) is 10.4. The molecule has 1 nitrogen and oxygen atoms in total. The second-order valence-corrected chi connectivity index (χ2v) is 3.68. The summed E-state index contributed by atoms with van der Waals surface area (Å²) in [7, 11) is 0. The van der Waals surface area contributed by atoms with Crippen molar-refractivity contribution in [3.8, 4) is 0 Å². The van der Waals surface area contributed by atoms with Gasteiger partial charge in [0, 0.05) is 18.9 Å². The van der Waals surface area contributed by atoms with Crippen molar-refractivity contribution in [2.75, 3.05) is 0 Å². The van der Waals surface area contributed by atoms with Crippen LogP contribution in [0, 0.1) is 6.92 Å². The molecule has 2 rings (SSSR count). The molecule has 2 aromatic heterocycles. The van der Waals surface area contributed by atoms with Crippen LogP contribution in [0.25, 0.3) is 0 Å². The lowest BCUT2D eigenvalue weighted by Gasteiger charge is -2.00. The van der Waals surface area contributed by atoms with E-state index in [-0.39, 0.29) is 0 Å². The van der Waals surface area contributed by atoms with E-state index >= 15 is 0 Å². The maximum atomic E-state index is 2.22. The summed E-state index contributed by atoms with van der Waals surface area (Å²) < 4.78 is 2.19. The molecule has 0 saturated carbocycles. The van der Waals surface area contributed by atoms with Crippen LogP contribution in [0.15, 0.2) is 35.3 Å². The summed E-state index contributed by atoms with van der Waals surface area (Å²) >= 11 is 1.77. The van der Waals surface area contributed by atoms with Crippen LogP contribution in [-0.2, 0) is 6.54 Å². The van der Waals surface area contributed by atoms with E-state index in [9.17, 15) is 0 Å². The summed E-state index contributed by atoms with van der Waals surface area (Å²) in [4.78, 5) is 0. The lowest BCUT2D eigenvalue weighted by molar-refractivity contribution is 0.804. The molecule has 0 aliphatic carbocycles. The molecule has 0 N–H and O–H groups in total. The van der Waals surface area contributed by atoms with Gasteiger partial charge in [0.05, 0.1) is 0 Å². The van der Waals surface area contributed by atoms with Gasteiger partial charge < -0.3 is 4.57 Å². The lowest BCUT2D eigenvalue weighted by Crippen LogP contribution is -1.95. The van der Waals surface area contributed by atoms with Gasteiger partial charge in [-0.1, -0.05) is 0 Å². The van der Waals surface area contributed by atoms with E-state index in [1.54, 1.807) is 11.3 Å². The van der Waals surface area contributed by atoms with Crippen molar-refractivity contribution in [2.45, 2.75) is 13.5 Å². The quantitative estimate of drug-likeness (QED) is 0.664. The van der Waals surface area contributed by atoms with Gasteiger partial charge in [0.15, 0.2) is 0 Å². The molecule has 0 aliphatic rings. The highest BCUT2D eigenvalue weighted by Gasteiger charge is 1.98. The summed E-state index contributed by atoms with van der Waals surface area (Å²) in [5, 5.41) is 4.41. The van der Waals surface area contributed by atoms with E-state index in [0.717, 1.165) is 6.54 Å². The van der Waals surface area contributed by atoms with Gasteiger partial charge in [-0.3, -0.25) is 0 Å². The van der Waals surface area contributed by atoms with Gasteiger partial charge in [0.2, 0.25) is 0 Å². The fourth-order valence-electron chi connectivity index (χ4n) is 1.22. The van der Waals surface area contributed by atoms with E-state index in [2.05, 4.69) is 46.8 Å². The minimum Gasteiger partial charge on any atom is -0.350 e. The molecular weight excluding hydrogens is 166 g/mol. The first-order valence-corrected chi connectivity index (χ1v) is 4.93. The van der Waals surface area contributed by atoms with Crippen molar-refractivity contribution in [2.24, 2.45) is 0 Å². The highest BCUT2D eigenvalue weighted by atomic mass is 32.1. The maximum absolute atomic E-state index is 2.22. The number of hydrogen-bond acceptors (Lipinski definition) is 1. The van der Waals surface area contributed by atoms with E-state index in [1.807, 2.05) is 0 Å². The Hall–Kier alpha value is -1.02. The molecule has 62 valence electrons. The third-order valence-corrected chi connectivity index (χ3v) is 2.89. The fourth-order valence-corrected chi connectivity index (χ4v) is 2.07. The van der Waals surface area contributed by atoms with Crippen LogP contribution in [0.1, 0.15) is 11.1 Å². The number of aryl methyl sites for hydroxylation is 1. The third-order valence-electron chi connectivity index (χ3n) is 1.98. The molecule has 0 bridgehead atoms. The van der Waals surface area contributed by atoms with Crippen molar-refractivity contribution in [3.63, 3.8) is 0 Å². The zero-order valence-electron chi connectivity index (χ0n) is 7.03. The van der Waals surface area contributed by atoms with E-state index in [0.29, 0.717) is 0 Å². The second-order valence-electron chi connectivity index (χ2n) is 2.94. The monoisotopic (exact) mass is 177 g/mol. The minimum absolute atomic E-state index is 1.00. The molecule has 12 heavy (non-hydrogen) atoms. The Morgan fingerprint density at radius 2 is 2.00 bits per heavy atom. The van der Waals surface area contributed by atoms with Crippen LogP contribution in [0.5, 0.6) is 0 Å². The van der Waals surface area contributed by atoms with Gasteiger partial charge in [-0.25, -0.2) is 0 Å². The van der Waals surface area contributed by atoms with E-state index in [1.165, 1.54) is 11.1 Å². The zero-order chi connectivity index (χ0) is 8.39. The molecular formula is C10H11NS. The predicted molar refractivity (Wildman–Crippen MR) is 52.6 cm³/mol. The summed E-state index contributed by atoms with van der Waals surface area (Å²) in [6.45, 7) is 3.16. The Morgan fingerprint density at radius 3 is 2.58 bits per heavy atom. The van der Waals surface area contributed by atoms with Crippen molar-refractivity contribution < 1.29 is 0 Å². The average molecular weight is 177 g/mol. The van der Waals surface area contributed by atoms with Crippen molar-refractivity contribution in [1.29, 1.82) is 0 Å². The zero-order valence-corrected chi connectivity index (χ0v) is 7.84. The molecule has 0 unspecified atom stereocenters. The Balaban J connectivity index is 2.20.